The second-order valence-corrected chi connectivity index (χ2v) is 7.31. The molecule has 1 N–H and O–H groups in total. The highest BCUT2D eigenvalue weighted by Crippen LogP contribution is 2.28. The van der Waals surface area contributed by atoms with Crippen molar-refractivity contribution in [2.45, 2.75) is 17.1 Å². The maximum absolute atomic E-state index is 12.8. The Bertz CT molecular complexity index is 605. The quantitative estimate of drug-likeness (QED) is 0.870. The summed E-state index contributed by atoms with van der Waals surface area (Å²) in [6.07, 6.45) is 1.02. The molecule has 1 aliphatic rings. The first-order valence-corrected chi connectivity index (χ1v) is 9.45. The minimum absolute atomic E-state index is 0.165. The molecule has 22 heavy (non-hydrogen) atoms. The predicted molar refractivity (Wildman–Crippen MR) is 93.7 cm³/mol. The molecule has 1 amide bonds. The van der Waals surface area contributed by atoms with Gasteiger partial charge in [0.15, 0.2) is 0 Å². The summed E-state index contributed by atoms with van der Waals surface area (Å²) in [5.74, 6) is 1.08. The Morgan fingerprint density at radius 1 is 1.18 bits per heavy atom. The van der Waals surface area contributed by atoms with Gasteiger partial charge in [-0.3, -0.25) is 4.79 Å². The SMILES string of the molecule is O=C(c1ccccc1SCc1cccs1)N1CCCNCC1. The van der Waals surface area contributed by atoms with Gasteiger partial charge in [-0.15, -0.1) is 23.1 Å². The topological polar surface area (TPSA) is 32.3 Å². The van der Waals surface area contributed by atoms with Gasteiger partial charge >= 0.3 is 0 Å². The van der Waals surface area contributed by atoms with Gasteiger partial charge in [-0.2, -0.15) is 0 Å². The van der Waals surface area contributed by atoms with Crippen molar-refractivity contribution in [3.8, 4) is 0 Å². The highest BCUT2D eigenvalue weighted by molar-refractivity contribution is 7.98. The monoisotopic (exact) mass is 332 g/mol. The third-order valence-electron chi connectivity index (χ3n) is 3.69. The number of thiophene rings is 1. The summed E-state index contributed by atoms with van der Waals surface area (Å²) in [7, 11) is 0. The summed E-state index contributed by atoms with van der Waals surface area (Å²) in [5.41, 5.74) is 0.839. The standard InChI is InChI=1S/C17H20N2OS2/c20-17(19-10-4-8-18-9-11-19)15-6-1-2-7-16(15)22-13-14-5-3-12-21-14/h1-3,5-7,12,18H,4,8-11,13H2. The zero-order valence-electron chi connectivity index (χ0n) is 12.5. The van der Waals surface area contributed by atoms with Gasteiger partial charge in [-0.25, -0.2) is 0 Å². The number of benzene rings is 1. The van der Waals surface area contributed by atoms with Crippen LogP contribution in [0.5, 0.6) is 0 Å². The molecule has 3 nitrogen and oxygen atoms in total. The molecule has 2 heterocycles. The van der Waals surface area contributed by atoms with E-state index in [4.69, 9.17) is 0 Å². The van der Waals surface area contributed by atoms with Crippen molar-refractivity contribution in [2.75, 3.05) is 26.2 Å². The molecule has 0 saturated carbocycles. The van der Waals surface area contributed by atoms with E-state index >= 15 is 0 Å². The summed E-state index contributed by atoms with van der Waals surface area (Å²) < 4.78 is 0. The number of amides is 1. The Balaban J connectivity index is 1.73. The summed E-state index contributed by atoms with van der Waals surface area (Å²) >= 11 is 3.51. The lowest BCUT2D eigenvalue weighted by molar-refractivity contribution is 0.0763. The molecule has 0 unspecified atom stereocenters. The molecular weight excluding hydrogens is 312 g/mol. The van der Waals surface area contributed by atoms with Gasteiger partial charge in [-0.05, 0) is 36.5 Å². The summed E-state index contributed by atoms with van der Waals surface area (Å²) in [6.45, 7) is 3.52. The molecule has 0 radical (unpaired) electrons. The first kappa shape index (κ1) is 15.6. The van der Waals surface area contributed by atoms with Crippen LogP contribution in [0.3, 0.4) is 0 Å². The van der Waals surface area contributed by atoms with Gasteiger partial charge in [0, 0.05) is 35.2 Å². The van der Waals surface area contributed by atoms with Crippen LogP contribution < -0.4 is 5.32 Å². The summed E-state index contributed by atoms with van der Waals surface area (Å²) in [5, 5.41) is 5.44. The number of carbonyl (C=O) groups excluding carboxylic acids is 1. The number of rotatable bonds is 4. The Labute approximate surface area is 139 Å². The highest BCUT2D eigenvalue weighted by atomic mass is 32.2. The average molecular weight is 332 g/mol. The van der Waals surface area contributed by atoms with Crippen molar-refractivity contribution in [3.05, 3.63) is 52.2 Å². The minimum Gasteiger partial charge on any atom is -0.337 e. The fourth-order valence-corrected chi connectivity index (χ4v) is 4.35. The lowest BCUT2D eigenvalue weighted by Gasteiger charge is -2.21. The van der Waals surface area contributed by atoms with Crippen LogP contribution in [0.2, 0.25) is 0 Å². The van der Waals surface area contributed by atoms with Crippen LogP contribution >= 0.6 is 23.1 Å². The molecule has 1 aromatic heterocycles. The second kappa shape index (κ2) is 7.81. The van der Waals surface area contributed by atoms with E-state index in [1.165, 1.54) is 4.88 Å². The van der Waals surface area contributed by atoms with E-state index in [-0.39, 0.29) is 5.91 Å². The average Bonchev–Trinajstić information content (AvgIpc) is 2.93. The van der Waals surface area contributed by atoms with Crippen LogP contribution in [-0.2, 0) is 5.75 Å². The van der Waals surface area contributed by atoms with Crippen molar-refractivity contribution >= 4 is 29.0 Å². The summed E-state index contributed by atoms with van der Waals surface area (Å²) in [4.78, 5) is 17.2. The van der Waals surface area contributed by atoms with E-state index in [0.717, 1.165) is 48.8 Å². The van der Waals surface area contributed by atoms with Crippen LogP contribution in [0.15, 0.2) is 46.7 Å². The number of carbonyl (C=O) groups is 1. The van der Waals surface area contributed by atoms with E-state index in [1.54, 1.807) is 23.1 Å². The molecule has 3 rings (SSSR count). The van der Waals surface area contributed by atoms with Crippen molar-refractivity contribution in [1.29, 1.82) is 0 Å². The number of hydrogen-bond donors (Lipinski definition) is 1. The van der Waals surface area contributed by atoms with Crippen LogP contribution in [0.1, 0.15) is 21.7 Å². The molecule has 0 aliphatic carbocycles. The van der Waals surface area contributed by atoms with Crippen LogP contribution in [0.4, 0.5) is 0 Å². The Hall–Kier alpha value is -1.30. The Kier molecular flexibility index (Phi) is 5.53. The second-order valence-electron chi connectivity index (χ2n) is 5.26. The molecular formula is C17H20N2OS2. The van der Waals surface area contributed by atoms with Crippen LogP contribution in [0, 0.1) is 0 Å². The van der Waals surface area contributed by atoms with E-state index in [2.05, 4.69) is 28.9 Å². The first-order chi connectivity index (χ1) is 10.8. The maximum Gasteiger partial charge on any atom is 0.255 e. The zero-order valence-corrected chi connectivity index (χ0v) is 14.1. The molecule has 5 heteroatoms. The van der Waals surface area contributed by atoms with E-state index in [0.29, 0.717) is 0 Å². The lowest BCUT2D eigenvalue weighted by Crippen LogP contribution is -2.34. The van der Waals surface area contributed by atoms with Gasteiger partial charge < -0.3 is 10.2 Å². The zero-order chi connectivity index (χ0) is 15.2. The minimum atomic E-state index is 0.165. The highest BCUT2D eigenvalue weighted by Gasteiger charge is 2.19. The molecule has 1 saturated heterocycles. The third kappa shape index (κ3) is 3.91. The molecule has 0 bridgehead atoms. The van der Waals surface area contributed by atoms with Crippen molar-refractivity contribution in [3.63, 3.8) is 0 Å². The van der Waals surface area contributed by atoms with E-state index in [1.807, 2.05) is 23.1 Å². The molecule has 1 aromatic carbocycles. The Morgan fingerprint density at radius 2 is 2.09 bits per heavy atom. The van der Waals surface area contributed by atoms with Crippen molar-refractivity contribution in [1.82, 2.24) is 10.2 Å². The van der Waals surface area contributed by atoms with E-state index in [9.17, 15) is 4.79 Å². The molecule has 116 valence electrons. The number of hydrogen-bond acceptors (Lipinski definition) is 4. The van der Waals surface area contributed by atoms with Crippen molar-refractivity contribution in [2.24, 2.45) is 0 Å². The summed E-state index contributed by atoms with van der Waals surface area (Å²) in [6, 6.07) is 12.2. The maximum atomic E-state index is 12.8. The van der Waals surface area contributed by atoms with Gasteiger partial charge in [0.2, 0.25) is 0 Å². The van der Waals surface area contributed by atoms with Crippen LogP contribution in [0.25, 0.3) is 0 Å². The lowest BCUT2D eigenvalue weighted by atomic mass is 10.2. The van der Waals surface area contributed by atoms with Gasteiger partial charge in [-0.1, -0.05) is 18.2 Å². The number of nitrogens with zero attached hydrogens (tertiary/aromatic N) is 1. The van der Waals surface area contributed by atoms with Crippen LogP contribution in [-0.4, -0.2) is 37.0 Å². The van der Waals surface area contributed by atoms with Crippen molar-refractivity contribution < 1.29 is 4.79 Å². The molecule has 1 fully saturated rings. The molecule has 0 atom stereocenters. The third-order valence-corrected chi connectivity index (χ3v) is 5.88. The van der Waals surface area contributed by atoms with Gasteiger partial charge in [0.05, 0.1) is 5.56 Å². The van der Waals surface area contributed by atoms with Gasteiger partial charge in [0.25, 0.3) is 5.91 Å². The molecule has 2 aromatic rings. The molecule has 1 aliphatic heterocycles. The normalized spacial score (nSPS) is 15.5. The molecule has 0 spiro atoms. The number of nitrogens with one attached hydrogen (secondary N) is 1. The first-order valence-electron chi connectivity index (χ1n) is 7.59. The number of thioether (sulfide) groups is 1. The Morgan fingerprint density at radius 3 is 2.95 bits per heavy atom. The largest absolute Gasteiger partial charge is 0.337 e. The predicted octanol–water partition coefficient (Wildman–Crippen LogP) is 3.48. The smallest absolute Gasteiger partial charge is 0.255 e. The fourth-order valence-electron chi connectivity index (χ4n) is 2.53. The van der Waals surface area contributed by atoms with E-state index < -0.39 is 0 Å². The van der Waals surface area contributed by atoms with Gasteiger partial charge in [0.1, 0.15) is 0 Å². The fraction of sp³-hybridized carbons (Fsp3) is 0.353.